The van der Waals surface area contributed by atoms with Crippen molar-refractivity contribution in [3.63, 3.8) is 0 Å². The van der Waals surface area contributed by atoms with Crippen LogP contribution in [-0.4, -0.2) is 191 Å². The number of esters is 1. The van der Waals surface area contributed by atoms with Gasteiger partial charge in [0.1, 0.15) is 84.3 Å². The molecule has 2 fully saturated rings. The van der Waals surface area contributed by atoms with E-state index in [1.54, 1.807) is 127 Å². The van der Waals surface area contributed by atoms with E-state index in [0.29, 0.717) is 24.8 Å². The molecule has 1 aromatic carbocycles. The molecule has 2 heterocycles. The fourth-order valence-corrected chi connectivity index (χ4v) is 12.0. The Labute approximate surface area is 620 Å². The third-order valence-corrected chi connectivity index (χ3v) is 19.6. The zero-order chi connectivity index (χ0) is 79.4. The van der Waals surface area contributed by atoms with Crippen LogP contribution in [0.1, 0.15) is 195 Å². The minimum Gasteiger partial charge on any atom is -0.458 e. The van der Waals surface area contributed by atoms with Gasteiger partial charge in [-0.25, -0.2) is 4.79 Å². The van der Waals surface area contributed by atoms with Gasteiger partial charge in [-0.05, 0) is 112 Å². The average molecular weight is 1480 g/mol. The predicted octanol–water partition coefficient (Wildman–Crippen LogP) is 1.84. The Morgan fingerprint density at radius 2 is 1.15 bits per heavy atom. The van der Waals surface area contributed by atoms with E-state index in [4.69, 9.17) is 10.5 Å². The van der Waals surface area contributed by atoms with Crippen LogP contribution >= 0.6 is 0 Å². The molecule has 30 nitrogen and oxygen atoms in total. The number of benzene rings is 1. The van der Waals surface area contributed by atoms with Crippen LogP contribution in [0.4, 0.5) is 0 Å². The first-order chi connectivity index (χ1) is 49.3. The van der Waals surface area contributed by atoms with Gasteiger partial charge in [-0.3, -0.25) is 62.3 Å². The number of aliphatic hydroxyl groups is 1. The highest BCUT2D eigenvalue weighted by molar-refractivity contribution is 6.03. The lowest BCUT2D eigenvalue weighted by molar-refractivity contribution is -0.157. The number of hydrogen-bond donors (Lipinski definition) is 14. The Bertz CT molecular complexity index is 3160. The van der Waals surface area contributed by atoms with E-state index in [9.17, 15) is 62.6 Å². The van der Waals surface area contributed by atoms with Gasteiger partial charge in [-0.15, -0.1) is 0 Å². The second-order valence-electron chi connectivity index (χ2n) is 30.0. The molecule has 13 amide bonds. The van der Waals surface area contributed by atoms with E-state index >= 15 is 9.59 Å². The maximum absolute atomic E-state index is 15.0. The number of nitrogens with two attached hydrogens (primary N) is 1. The molecule has 590 valence electrons. The molecule has 15 N–H and O–H groups in total. The fraction of sp³-hybridized carbons (Fsp3) is 0.707. The van der Waals surface area contributed by atoms with Gasteiger partial charge in [0, 0.05) is 19.4 Å². The molecule has 4 unspecified atom stereocenters. The van der Waals surface area contributed by atoms with Crippen molar-refractivity contribution < 1.29 is 77.0 Å². The topological polar surface area (TPSA) is 442 Å². The summed E-state index contributed by atoms with van der Waals surface area (Å²) >= 11 is 0. The number of nitrogens with one attached hydrogen (secondary N) is 12. The normalized spacial score (nSPS) is 22.8. The molecule has 2 aliphatic heterocycles. The zero-order valence-corrected chi connectivity index (χ0v) is 65.2. The summed E-state index contributed by atoms with van der Waals surface area (Å²) in [7, 11) is 0. The van der Waals surface area contributed by atoms with Crippen molar-refractivity contribution in [2.24, 2.45) is 53.1 Å². The van der Waals surface area contributed by atoms with Crippen molar-refractivity contribution in [2.45, 2.75) is 280 Å². The highest BCUT2D eigenvalue weighted by atomic mass is 16.5. The Hall–Kier alpha value is -8.54. The molecular weight excluding hydrogens is 1350 g/mol. The quantitative estimate of drug-likeness (QED) is 0.0353. The molecule has 2 aliphatic rings. The van der Waals surface area contributed by atoms with E-state index in [1.807, 2.05) is 13.8 Å². The Kier molecular flexibility index (Phi) is 37.8. The number of carbonyl (C=O) groups is 14. The van der Waals surface area contributed by atoms with Crippen LogP contribution in [0, 0.1) is 47.3 Å². The minimum atomic E-state index is -1.83. The summed E-state index contributed by atoms with van der Waals surface area (Å²) in [6.07, 6.45) is 1.08. The molecule has 0 spiro atoms. The Morgan fingerprint density at radius 1 is 0.610 bits per heavy atom. The van der Waals surface area contributed by atoms with Gasteiger partial charge in [-0.1, -0.05) is 166 Å². The number of allylic oxidation sites excluding steroid dienone is 1. The highest BCUT2D eigenvalue weighted by Crippen LogP contribution is 2.23. The summed E-state index contributed by atoms with van der Waals surface area (Å²) in [6.45, 7) is 31.7. The SMILES string of the molecule is CC=C1NC(=O)[C@H](Cc2ccccc2)NC(=O)[C@@H](C(C)C)NC(=O)[C@@H](C(C)CC)NC(=O)C(NC(=O)[C@H](NC(=O)[C@H](CCCN)NC(=O)[C@@H]2CCCN2C(=O)[C@H](NC(=O)[C@@H](NC(=O)[C@@H](NC(=O)[C@H](NC(=O)CC[C@@H](C)CC)C(C)C)C(C)O)C(C)C)C(C)C)C(C)CC)[C@@H](C)OC(=O)[C@H](C(C)C)NC1=O. The molecule has 1 aromatic rings. The van der Waals surface area contributed by atoms with Crippen molar-refractivity contribution in [3.8, 4) is 0 Å². The second kappa shape index (κ2) is 43.8. The van der Waals surface area contributed by atoms with Crippen LogP contribution in [0.15, 0.2) is 42.1 Å². The van der Waals surface area contributed by atoms with Crippen molar-refractivity contribution in [3.05, 3.63) is 47.7 Å². The summed E-state index contributed by atoms with van der Waals surface area (Å²) in [6, 6.07) is -7.67. The summed E-state index contributed by atoms with van der Waals surface area (Å²) < 4.78 is 5.96. The van der Waals surface area contributed by atoms with Crippen molar-refractivity contribution in [1.29, 1.82) is 0 Å². The first-order valence-electron chi connectivity index (χ1n) is 37.5. The molecule has 0 bridgehead atoms. The lowest BCUT2D eigenvalue weighted by Crippen LogP contribution is -2.64. The maximum Gasteiger partial charge on any atom is 0.329 e. The van der Waals surface area contributed by atoms with Gasteiger partial charge >= 0.3 is 5.97 Å². The molecular formula is C75H124N14O16. The van der Waals surface area contributed by atoms with Crippen molar-refractivity contribution in [2.75, 3.05) is 13.1 Å². The molecule has 0 saturated carbocycles. The third-order valence-electron chi connectivity index (χ3n) is 19.6. The van der Waals surface area contributed by atoms with Crippen LogP contribution in [-0.2, 0) is 78.3 Å². The smallest absolute Gasteiger partial charge is 0.329 e. The van der Waals surface area contributed by atoms with Gasteiger partial charge in [-0.2, -0.15) is 0 Å². The molecule has 30 heteroatoms. The predicted molar refractivity (Wildman–Crippen MR) is 395 cm³/mol. The summed E-state index contributed by atoms with van der Waals surface area (Å²) in [5.74, 6) is -15.2. The minimum absolute atomic E-state index is 0.0355. The molecule has 105 heavy (non-hydrogen) atoms. The summed E-state index contributed by atoms with van der Waals surface area (Å²) in [5, 5.41) is 43.2. The van der Waals surface area contributed by atoms with E-state index in [0.717, 1.165) is 6.42 Å². The Balaban J connectivity index is 2.00. The number of carbonyl (C=O) groups excluding carboxylic acids is 14. The van der Waals surface area contributed by atoms with Gasteiger partial charge in [0.2, 0.25) is 70.9 Å². The number of cyclic esters (lactones) is 1. The van der Waals surface area contributed by atoms with Gasteiger partial charge in [0.25, 0.3) is 5.91 Å². The van der Waals surface area contributed by atoms with Crippen LogP contribution in [0.25, 0.3) is 0 Å². The van der Waals surface area contributed by atoms with Gasteiger partial charge in [0.05, 0.1) is 6.10 Å². The molecule has 0 aromatic heterocycles. The lowest BCUT2D eigenvalue weighted by atomic mass is 9.95. The molecule has 0 radical (unpaired) electrons. The van der Waals surface area contributed by atoms with Crippen LogP contribution < -0.4 is 69.5 Å². The van der Waals surface area contributed by atoms with Crippen LogP contribution in [0.2, 0.25) is 0 Å². The van der Waals surface area contributed by atoms with Gasteiger partial charge in [0.15, 0.2) is 0 Å². The molecule has 2 saturated heterocycles. The highest BCUT2D eigenvalue weighted by Gasteiger charge is 2.44. The number of rotatable bonds is 33. The molecule has 3 rings (SSSR count). The van der Waals surface area contributed by atoms with E-state index in [1.165, 1.54) is 31.7 Å². The number of ether oxygens (including phenoxy) is 1. The fourth-order valence-electron chi connectivity index (χ4n) is 12.0. The number of nitrogens with zero attached hydrogens (tertiary/aromatic N) is 1. The summed E-state index contributed by atoms with van der Waals surface area (Å²) in [4.78, 5) is 202. The maximum atomic E-state index is 15.0. The van der Waals surface area contributed by atoms with Crippen LogP contribution in [0.5, 0.6) is 0 Å². The average Bonchev–Trinajstić information content (AvgIpc) is 1.80. The van der Waals surface area contributed by atoms with E-state index < -0.39 is 203 Å². The monoisotopic (exact) mass is 1480 g/mol. The standard InChI is InChI=1S/C75H124N14O16/c1-20-43(15)33-34-53(91)80-54(38(5)6)68(97)87-61(46(18)90)72(101)82-56(40(9)10)69(98)83-57(41(11)12)74(103)89-36-28-32-52(89)66(95)78-50(31-27-35-76)64(93)85-59(44(16)21-2)71(100)88-62-47(19)105-75(104)58(42(13)14)84-63(92)49(23-4)77-65(94)51(37-48-29-25-24-26-30-48)79-67(96)55(39(7)8)81-70(99)60(45(17)22-3)86-73(62)102/h23-26,29-30,38-47,50-52,54-62,90H,20-22,27-28,31-37,76H2,1-19H3,(H,77,94)(H,78,95)(H,79,96)(H,80,91)(H,81,99)(H,82,101)(H,83,98)(H,84,92)(H,85,93)(H,86,102)(H,87,97)(H,88,100)/t43-,44?,45?,46?,47+,50-,51-,52-,54+,55+,56-,57+,58-,59+,60+,61-,62?/m0/s1. The Morgan fingerprint density at radius 3 is 1.69 bits per heavy atom. The lowest BCUT2D eigenvalue weighted by Gasteiger charge is -2.33. The number of hydrogen-bond acceptors (Lipinski definition) is 17. The molecule has 0 aliphatic carbocycles. The van der Waals surface area contributed by atoms with E-state index in [2.05, 4.69) is 63.8 Å². The zero-order valence-electron chi connectivity index (χ0n) is 65.2. The molecule has 17 atom stereocenters. The van der Waals surface area contributed by atoms with Gasteiger partial charge < -0.3 is 84.3 Å². The number of likely N-dealkylation sites (tertiary alicyclic amines) is 1. The van der Waals surface area contributed by atoms with Crippen LogP contribution in [0.3, 0.4) is 0 Å². The number of aliphatic hydroxyl groups excluding tert-OH is 1. The third kappa shape index (κ3) is 27.4. The first-order valence-corrected chi connectivity index (χ1v) is 37.5. The summed E-state index contributed by atoms with van der Waals surface area (Å²) in [5.41, 5.74) is 6.34. The van der Waals surface area contributed by atoms with Crippen molar-refractivity contribution >= 4 is 82.8 Å². The largest absolute Gasteiger partial charge is 0.458 e. The van der Waals surface area contributed by atoms with E-state index in [-0.39, 0.29) is 69.1 Å². The second-order valence-corrected chi connectivity index (χ2v) is 30.0. The first kappa shape index (κ1) is 90.7. The number of amides is 13. The van der Waals surface area contributed by atoms with Crippen molar-refractivity contribution in [1.82, 2.24) is 68.7 Å².